The van der Waals surface area contributed by atoms with Gasteiger partial charge in [-0.2, -0.15) is 0 Å². The fourth-order valence-electron chi connectivity index (χ4n) is 4.25. The number of rotatable bonds is 3. The summed E-state index contributed by atoms with van der Waals surface area (Å²) in [5, 5.41) is 3.34. The van der Waals surface area contributed by atoms with Crippen molar-refractivity contribution in [3.8, 4) is 16.9 Å². The van der Waals surface area contributed by atoms with Crippen molar-refractivity contribution in [3.63, 3.8) is 0 Å². The number of hydrogen-bond donors (Lipinski definition) is 1. The van der Waals surface area contributed by atoms with Crippen LogP contribution in [0.1, 0.15) is 17.9 Å². The zero-order valence-corrected chi connectivity index (χ0v) is 16.2. The molecule has 0 aromatic heterocycles. The van der Waals surface area contributed by atoms with Gasteiger partial charge in [0.1, 0.15) is 11.9 Å². The molecule has 2 aliphatic rings. The second kappa shape index (κ2) is 6.76. The Balaban J connectivity index is 1.58. The van der Waals surface area contributed by atoms with Crippen molar-refractivity contribution in [1.82, 2.24) is 5.32 Å². The molecule has 4 nitrogen and oxygen atoms in total. The molecule has 3 aromatic rings. The third-order valence-electron chi connectivity index (χ3n) is 5.66. The highest BCUT2D eigenvalue weighted by Crippen LogP contribution is 2.43. The van der Waals surface area contributed by atoms with E-state index in [1.54, 1.807) is 24.3 Å². The average Bonchev–Trinajstić information content (AvgIpc) is 3.12. The molecule has 1 fully saturated rings. The topological polar surface area (TPSA) is 55.4 Å². The van der Waals surface area contributed by atoms with E-state index in [4.69, 9.17) is 4.74 Å². The van der Waals surface area contributed by atoms with Crippen LogP contribution in [0.2, 0.25) is 0 Å². The smallest absolute Gasteiger partial charge is 0.207 e. The largest absolute Gasteiger partial charge is 0.488 e. The van der Waals surface area contributed by atoms with Crippen LogP contribution in [0, 0.1) is 0 Å². The number of sulfone groups is 1. The average molecular weight is 391 g/mol. The zero-order valence-electron chi connectivity index (χ0n) is 15.3. The van der Waals surface area contributed by atoms with E-state index in [2.05, 4.69) is 5.32 Å². The molecule has 0 aliphatic carbocycles. The fraction of sp³-hybridized carbons (Fsp3) is 0.217. The summed E-state index contributed by atoms with van der Waals surface area (Å²) in [5.74, 6) is 1.06. The summed E-state index contributed by atoms with van der Waals surface area (Å²) in [6.07, 6.45) is 1.11. The van der Waals surface area contributed by atoms with Gasteiger partial charge in [0.25, 0.3) is 0 Å². The molecule has 28 heavy (non-hydrogen) atoms. The molecular weight excluding hydrogens is 370 g/mol. The molecule has 0 amide bonds. The van der Waals surface area contributed by atoms with E-state index < -0.39 is 9.84 Å². The van der Waals surface area contributed by atoms with Crippen molar-refractivity contribution >= 4 is 9.84 Å². The van der Waals surface area contributed by atoms with Crippen molar-refractivity contribution in [2.24, 2.45) is 0 Å². The quantitative estimate of drug-likeness (QED) is 0.733. The van der Waals surface area contributed by atoms with Gasteiger partial charge in [0.2, 0.25) is 9.84 Å². The van der Waals surface area contributed by atoms with E-state index in [-0.39, 0.29) is 11.0 Å². The summed E-state index contributed by atoms with van der Waals surface area (Å²) < 4.78 is 33.0. The van der Waals surface area contributed by atoms with Crippen LogP contribution < -0.4 is 10.1 Å². The van der Waals surface area contributed by atoms with Crippen LogP contribution in [0.5, 0.6) is 5.75 Å². The van der Waals surface area contributed by atoms with Crippen molar-refractivity contribution in [1.29, 1.82) is 0 Å². The first-order valence-corrected chi connectivity index (χ1v) is 11.0. The van der Waals surface area contributed by atoms with Gasteiger partial charge in [-0.15, -0.1) is 0 Å². The SMILES string of the molecule is O=S(=O)(c1ccc2c(c1)OC1CNCCC21)c1ccccc1-c1ccccc1. The minimum Gasteiger partial charge on any atom is -0.488 e. The first-order chi connectivity index (χ1) is 13.6. The van der Waals surface area contributed by atoms with Gasteiger partial charge in [-0.1, -0.05) is 54.6 Å². The standard InChI is InChI=1S/C23H21NO3S/c25-28(26,23-9-5-4-8-18(23)16-6-2-1-3-7-16)17-10-11-19-20-12-13-24-15-22(20)27-21(19)14-17/h1-11,14,20,22,24H,12-13,15H2. The van der Waals surface area contributed by atoms with Gasteiger partial charge >= 0.3 is 0 Å². The summed E-state index contributed by atoms with van der Waals surface area (Å²) in [6.45, 7) is 1.77. The zero-order chi connectivity index (χ0) is 19.1. The van der Waals surface area contributed by atoms with Crippen LogP contribution in [0.25, 0.3) is 11.1 Å². The number of benzene rings is 3. The molecule has 0 spiro atoms. The second-order valence-electron chi connectivity index (χ2n) is 7.32. The molecular formula is C23H21NO3S. The normalized spacial score (nSPS) is 20.9. The Kier molecular flexibility index (Phi) is 4.22. The number of ether oxygens (including phenoxy) is 1. The summed E-state index contributed by atoms with van der Waals surface area (Å²) in [7, 11) is -3.67. The molecule has 0 radical (unpaired) electrons. The van der Waals surface area contributed by atoms with E-state index in [9.17, 15) is 8.42 Å². The van der Waals surface area contributed by atoms with Crippen molar-refractivity contribution in [2.75, 3.05) is 13.1 Å². The first kappa shape index (κ1) is 17.5. The van der Waals surface area contributed by atoms with Gasteiger partial charge in [0.05, 0.1) is 9.79 Å². The Morgan fingerprint density at radius 3 is 2.57 bits per heavy atom. The van der Waals surface area contributed by atoms with E-state index in [1.165, 1.54) is 0 Å². The fourth-order valence-corrected chi connectivity index (χ4v) is 5.74. The lowest BCUT2D eigenvalue weighted by Gasteiger charge is -2.24. The van der Waals surface area contributed by atoms with Crippen LogP contribution >= 0.6 is 0 Å². The van der Waals surface area contributed by atoms with Crippen molar-refractivity contribution < 1.29 is 13.2 Å². The van der Waals surface area contributed by atoms with E-state index in [0.29, 0.717) is 22.1 Å². The lowest BCUT2D eigenvalue weighted by molar-refractivity contribution is 0.176. The Morgan fingerprint density at radius 1 is 0.929 bits per heavy atom. The van der Waals surface area contributed by atoms with Gasteiger partial charge in [-0.3, -0.25) is 0 Å². The van der Waals surface area contributed by atoms with Gasteiger partial charge in [-0.25, -0.2) is 8.42 Å². The maximum Gasteiger partial charge on any atom is 0.207 e. The Labute approximate surface area is 165 Å². The summed E-state index contributed by atoms with van der Waals surface area (Å²) in [4.78, 5) is 0.597. The van der Waals surface area contributed by atoms with Gasteiger partial charge in [0, 0.05) is 23.6 Å². The van der Waals surface area contributed by atoms with Crippen LogP contribution in [0.15, 0.2) is 82.6 Å². The molecule has 2 atom stereocenters. The molecule has 5 rings (SSSR count). The highest BCUT2D eigenvalue weighted by atomic mass is 32.2. The maximum atomic E-state index is 13.5. The third-order valence-corrected chi connectivity index (χ3v) is 7.47. The number of piperidine rings is 1. The van der Waals surface area contributed by atoms with E-state index in [0.717, 1.165) is 30.6 Å². The predicted molar refractivity (Wildman–Crippen MR) is 108 cm³/mol. The second-order valence-corrected chi connectivity index (χ2v) is 9.24. The Morgan fingerprint density at radius 2 is 1.71 bits per heavy atom. The minimum absolute atomic E-state index is 0.0957. The van der Waals surface area contributed by atoms with Crippen molar-refractivity contribution in [2.45, 2.75) is 28.2 Å². The van der Waals surface area contributed by atoms with Gasteiger partial charge in [0.15, 0.2) is 0 Å². The monoisotopic (exact) mass is 391 g/mol. The highest BCUT2D eigenvalue weighted by Gasteiger charge is 2.37. The third kappa shape index (κ3) is 2.82. The number of nitrogens with one attached hydrogen (secondary N) is 1. The lowest BCUT2D eigenvalue weighted by atomic mass is 9.90. The molecule has 2 aliphatic heterocycles. The molecule has 3 aromatic carbocycles. The van der Waals surface area contributed by atoms with E-state index >= 15 is 0 Å². The van der Waals surface area contributed by atoms with Crippen molar-refractivity contribution in [3.05, 3.63) is 78.4 Å². The summed E-state index contributed by atoms with van der Waals surface area (Å²) >= 11 is 0. The highest BCUT2D eigenvalue weighted by molar-refractivity contribution is 7.91. The molecule has 2 unspecified atom stereocenters. The molecule has 1 N–H and O–H groups in total. The summed E-state index contributed by atoms with van der Waals surface area (Å²) in [5.41, 5.74) is 2.72. The molecule has 0 bridgehead atoms. The Bertz CT molecular complexity index is 1130. The predicted octanol–water partition coefficient (Wildman–Crippen LogP) is 4.02. The molecule has 2 heterocycles. The maximum absolute atomic E-state index is 13.5. The van der Waals surface area contributed by atoms with Crippen LogP contribution in [-0.4, -0.2) is 27.6 Å². The van der Waals surface area contributed by atoms with Crippen LogP contribution in [0.4, 0.5) is 0 Å². The number of hydrogen-bond acceptors (Lipinski definition) is 4. The molecule has 5 heteroatoms. The number of fused-ring (bicyclic) bond motifs is 3. The molecule has 142 valence electrons. The minimum atomic E-state index is -3.67. The van der Waals surface area contributed by atoms with Gasteiger partial charge < -0.3 is 10.1 Å². The Hall–Kier alpha value is -2.63. The lowest BCUT2D eigenvalue weighted by Crippen LogP contribution is -2.39. The van der Waals surface area contributed by atoms with Crippen LogP contribution in [-0.2, 0) is 9.84 Å². The first-order valence-electron chi connectivity index (χ1n) is 9.55. The molecule has 1 saturated heterocycles. The van der Waals surface area contributed by atoms with Gasteiger partial charge in [-0.05, 0) is 36.7 Å². The summed E-state index contributed by atoms with van der Waals surface area (Å²) in [6, 6.07) is 22.1. The van der Waals surface area contributed by atoms with Crippen LogP contribution in [0.3, 0.4) is 0 Å². The molecule has 0 saturated carbocycles. The van der Waals surface area contributed by atoms with E-state index in [1.807, 2.05) is 48.5 Å².